The Morgan fingerprint density at radius 1 is 1.25 bits per heavy atom. The summed E-state index contributed by atoms with van der Waals surface area (Å²) in [7, 11) is 1.31. The number of nitrogens with one attached hydrogen (secondary N) is 2. The molecule has 8 nitrogen and oxygen atoms in total. The third-order valence-electron chi connectivity index (χ3n) is 4.76. The van der Waals surface area contributed by atoms with Crippen LogP contribution in [-0.2, 0) is 4.74 Å². The van der Waals surface area contributed by atoms with Crippen molar-refractivity contribution in [1.82, 2.24) is 24.7 Å². The third-order valence-corrected chi connectivity index (χ3v) is 4.76. The maximum Gasteiger partial charge on any atom is 0.341 e. The van der Waals surface area contributed by atoms with E-state index in [0.717, 1.165) is 23.3 Å². The summed E-state index contributed by atoms with van der Waals surface area (Å²) in [5.74, 6) is 0.587. The summed E-state index contributed by atoms with van der Waals surface area (Å²) >= 11 is 0. The number of aromatic nitrogens is 5. The molecule has 28 heavy (non-hydrogen) atoms. The number of carbonyl (C=O) groups excluding carboxylic acids is 1. The summed E-state index contributed by atoms with van der Waals surface area (Å²) < 4.78 is 6.74. The van der Waals surface area contributed by atoms with Crippen LogP contribution in [0.25, 0.3) is 22.3 Å². The minimum Gasteiger partial charge on any atom is -0.465 e. The van der Waals surface area contributed by atoms with Crippen molar-refractivity contribution in [3.05, 3.63) is 58.4 Å². The summed E-state index contributed by atoms with van der Waals surface area (Å²) in [5.41, 5.74) is 2.35. The van der Waals surface area contributed by atoms with E-state index in [9.17, 15) is 9.59 Å². The lowest BCUT2D eigenvalue weighted by atomic mass is 10.0. The Balaban J connectivity index is 1.92. The fourth-order valence-corrected chi connectivity index (χ4v) is 3.45. The number of H-pyrrole nitrogens is 2. The van der Waals surface area contributed by atoms with Crippen molar-refractivity contribution in [3.8, 4) is 11.3 Å². The molecule has 2 aromatic rings. The number of ether oxygens (including phenoxy) is 1. The number of para-hydroxylation sites is 2. The van der Waals surface area contributed by atoms with E-state index in [4.69, 9.17) is 9.72 Å². The molecule has 2 aliphatic rings. The molecule has 144 valence electrons. The van der Waals surface area contributed by atoms with E-state index < -0.39 is 5.97 Å². The van der Waals surface area contributed by atoms with Gasteiger partial charge in [0.05, 0.1) is 29.7 Å². The minimum absolute atomic E-state index is 0.186. The van der Waals surface area contributed by atoms with Gasteiger partial charge in [-0.3, -0.25) is 4.79 Å². The number of pyridine rings is 1. The lowest BCUT2D eigenvalue weighted by Gasteiger charge is -2.22. The van der Waals surface area contributed by atoms with Crippen molar-refractivity contribution >= 4 is 17.0 Å². The summed E-state index contributed by atoms with van der Waals surface area (Å²) in [4.78, 5) is 32.6. The Morgan fingerprint density at radius 3 is 2.75 bits per heavy atom. The Labute approximate surface area is 160 Å². The van der Waals surface area contributed by atoms with Crippen LogP contribution in [0, 0.1) is 5.92 Å². The van der Waals surface area contributed by atoms with Crippen LogP contribution in [0.1, 0.15) is 42.5 Å². The maximum atomic E-state index is 12.3. The summed E-state index contributed by atoms with van der Waals surface area (Å²) in [6.45, 7) is 4.24. The van der Waals surface area contributed by atoms with Gasteiger partial charge in [-0.05, 0) is 24.5 Å². The number of aromatic amines is 2. The van der Waals surface area contributed by atoms with Crippen LogP contribution in [0.4, 0.5) is 0 Å². The van der Waals surface area contributed by atoms with Crippen LogP contribution in [0.5, 0.6) is 0 Å². The third kappa shape index (κ3) is 3.06. The summed E-state index contributed by atoms with van der Waals surface area (Å²) in [6.07, 6.45) is 4.16. The molecule has 2 aliphatic heterocycles. The Morgan fingerprint density at radius 2 is 2.04 bits per heavy atom. The Bertz CT molecular complexity index is 1140. The fraction of sp³-hybridized carbons (Fsp3) is 0.300. The zero-order chi connectivity index (χ0) is 19.8. The average Bonchev–Trinajstić information content (AvgIpc) is 3.28. The largest absolute Gasteiger partial charge is 0.465 e. The fourth-order valence-electron chi connectivity index (χ4n) is 3.45. The van der Waals surface area contributed by atoms with Crippen molar-refractivity contribution in [2.75, 3.05) is 7.11 Å². The van der Waals surface area contributed by atoms with Crippen molar-refractivity contribution in [1.29, 1.82) is 0 Å². The number of hydrogen-bond donors (Lipinski definition) is 2. The van der Waals surface area contributed by atoms with E-state index >= 15 is 0 Å². The molecule has 0 fully saturated rings. The highest BCUT2D eigenvalue weighted by atomic mass is 16.5. The molecule has 0 aliphatic carbocycles. The van der Waals surface area contributed by atoms with Crippen LogP contribution in [0.3, 0.4) is 0 Å². The van der Waals surface area contributed by atoms with Crippen LogP contribution >= 0.6 is 0 Å². The molecule has 0 saturated carbocycles. The minimum atomic E-state index is -0.543. The lowest BCUT2D eigenvalue weighted by molar-refractivity contribution is 0.0600. The van der Waals surface area contributed by atoms with E-state index in [1.165, 1.54) is 7.11 Å². The predicted octanol–water partition coefficient (Wildman–Crippen LogP) is 2.97. The molecule has 0 radical (unpaired) electrons. The molecule has 0 bridgehead atoms. The van der Waals surface area contributed by atoms with Crippen molar-refractivity contribution < 1.29 is 9.53 Å². The first kappa shape index (κ1) is 18.0. The molecular formula is C20H21N5O3. The highest BCUT2D eigenvalue weighted by Crippen LogP contribution is 2.29. The van der Waals surface area contributed by atoms with Gasteiger partial charge in [-0.2, -0.15) is 5.10 Å². The zero-order valence-corrected chi connectivity index (χ0v) is 15.9. The number of hydrogen-bond acceptors (Lipinski definition) is 5. The molecular weight excluding hydrogens is 358 g/mol. The van der Waals surface area contributed by atoms with Crippen LogP contribution in [-0.4, -0.2) is 37.8 Å². The first-order valence-corrected chi connectivity index (χ1v) is 9.10. The molecule has 8 heteroatoms. The molecule has 2 N–H and O–H groups in total. The van der Waals surface area contributed by atoms with E-state index in [-0.39, 0.29) is 17.2 Å². The molecule has 1 atom stereocenters. The highest BCUT2D eigenvalue weighted by Gasteiger charge is 2.26. The second-order valence-electron chi connectivity index (χ2n) is 7.21. The van der Waals surface area contributed by atoms with Crippen LogP contribution in [0.15, 0.2) is 41.5 Å². The number of imidazole rings is 1. The van der Waals surface area contributed by atoms with Gasteiger partial charge in [0, 0.05) is 12.4 Å². The Hall–Kier alpha value is -3.42. The van der Waals surface area contributed by atoms with E-state index in [1.54, 1.807) is 12.4 Å². The molecule has 0 spiro atoms. The number of rotatable bonds is 5. The topological polar surface area (TPSA) is 106 Å². The number of methoxy groups -OCH3 is 1. The monoisotopic (exact) mass is 379 g/mol. The maximum absolute atomic E-state index is 12.3. The average molecular weight is 379 g/mol. The van der Waals surface area contributed by atoms with Gasteiger partial charge in [-0.1, -0.05) is 26.0 Å². The molecule has 0 amide bonds. The van der Waals surface area contributed by atoms with Crippen LogP contribution < -0.4 is 5.56 Å². The molecule has 1 aromatic carbocycles. The SMILES string of the molecule is COC(=O)c1cn(C(CC(C)C)c2nc3ccccc3[nH]2)cc2c(=O)[nH]nc1-2. The highest BCUT2D eigenvalue weighted by molar-refractivity contribution is 5.96. The molecule has 1 unspecified atom stereocenters. The lowest BCUT2D eigenvalue weighted by Crippen LogP contribution is -2.19. The number of nitrogens with zero attached hydrogens (tertiary/aromatic N) is 3. The van der Waals surface area contributed by atoms with E-state index in [1.807, 2.05) is 28.8 Å². The predicted molar refractivity (Wildman–Crippen MR) is 104 cm³/mol. The molecule has 1 aromatic heterocycles. The number of carbonyl (C=O) groups is 1. The molecule has 0 saturated heterocycles. The first-order chi connectivity index (χ1) is 13.5. The van der Waals surface area contributed by atoms with E-state index in [0.29, 0.717) is 17.2 Å². The van der Waals surface area contributed by atoms with E-state index in [2.05, 4.69) is 29.0 Å². The van der Waals surface area contributed by atoms with Gasteiger partial charge < -0.3 is 14.3 Å². The molecule has 4 rings (SSSR count). The van der Waals surface area contributed by atoms with Gasteiger partial charge >= 0.3 is 5.97 Å². The van der Waals surface area contributed by atoms with Crippen LogP contribution in [0.2, 0.25) is 0 Å². The molecule has 3 heterocycles. The van der Waals surface area contributed by atoms with Crippen molar-refractivity contribution in [2.45, 2.75) is 26.3 Å². The normalized spacial score (nSPS) is 12.7. The number of esters is 1. The summed E-state index contributed by atoms with van der Waals surface area (Å²) in [5, 5.41) is 6.40. The zero-order valence-electron chi connectivity index (χ0n) is 15.9. The smallest absolute Gasteiger partial charge is 0.341 e. The van der Waals surface area contributed by atoms with Crippen molar-refractivity contribution in [3.63, 3.8) is 0 Å². The van der Waals surface area contributed by atoms with Gasteiger partial charge in [0.1, 0.15) is 17.1 Å². The Kier molecular flexibility index (Phi) is 4.46. The van der Waals surface area contributed by atoms with Gasteiger partial charge in [0.2, 0.25) is 0 Å². The van der Waals surface area contributed by atoms with Gasteiger partial charge in [0.15, 0.2) is 0 Å². The number of fused-ring (bicyclic) bond motifs is 2. The second-order valence-corrected chi connectivity index (χ2v) is 7.21. The quantitative estimate of drug-likeness (QED) is 0.519. The van der Waals surface area contributed by atoms with Gasteiger partial charge in [-0.15, -0.1) is 0 Å². The van der Waals surface area contributed by atoms with Crippen molar-refractivity contribution in [2.24, 2.45) is 5.92 Å². The summed E-state index contributed by atoms with van der Waals surface area (Å²) in [6, 6.07) is 7.62. The first-order valence-electron chi connectivity index (χ1n) is 9.10. The van der Waals surface area contributed by atoms with Gasteiger partial charge in [-0.25, -0.2) is 14.9 Å². The second kappa shape index (κ2) is 6.95. The number of benzene rings is 1. The van der Waals surface area contributed by atoms with Gasteiger partial charge in [0.25, 0.3) is 5.56 Å². The standard InChI is InChI=1S/C20H21N5O3/c1-11(2)8-16(18-21-14-6-4-5-7-15(14)22-18)25-9-12-17(23-24-19(12)26)13(10-25)20(27)28-3/h4-7,9-11,16H,8H2,1-3H3,(H,21,22)(H,24,26).